The zero-order valence-electron chi connectivity index (χ0n) is 19.1. The molecule has 0 amide bonds. The quantitative estimate of drug-likeness (QED) is 0.217. The molecule has 0 saturated heterocycles. The van der Waals surface area contributed by atoms with Gasteiger partial charge < -0.3 is 18.9 Å². The summed E-state index contributed by atoms with van der Waals surface area (Å²) >= 11 is 0. The molecule has 0 heterocycles. The van der Waals surface area contributed by atoms with Gasteiger partial charge in [0.1, 0.15) is 12.9 Å². The lowest BCUT2D eigenvalue weighted by atomic mass is 9.83. The third-order valence-corrected chi connectivity index (χ3v) is 5.25. The maximum absolute atomic E-state index is 11.8. The maximum Gasteiger partial charge on any atom is 0.302 e. The topological polar surface area (TPSA) is 54.0 Å². The molecule has 0 saturated carbocycles. The summed E-state index contributed by atoms with van der Waals surface area (Å²) in [6.45, 7) is 12.1. The fourth-order valence-corrected chi connectivity index (χ4v) is 3.77. The van der Waals surface area contributed by atoms with E-state index in [-0.39, 0.29) is 42.9 Å². The molecule has 0 radical (unpaired) electrons. The van der Waals surface area contributed by atoms with Gasteiger partial charge in [-0.25, -0.2) is 0 Å². The number of rotatable bonds is 15. The van der Waals surface area contributed by atoms with Gasteiger partial charge in [0.25, 0.3) is 0 Å². The van der Waals surface area contributed by atoms with Crippen LogP contribution in [0.5, 0.6) is 0 Å². The predicted octanol–water partition coefficient (Wildman–Crippen LogP) is 5.15. The smallest absolute Gasteiger partial charge is 0.302 e. The first-order chi connectivity index (χ1) is 13.4. The van der Waals surface area contributed by atoms with Gasteiger partial charge in [0, 0.05) is 39.4 Å². The first-order valence-corrected chi connectivity index (χ1v) is 10.4. The van der Waals surface area contributed by atoms with E-state index in [9.17, 15) is 4.79 Å². The molecule has 0 aromatic carbocycles. The van der Waals surface area contributed by atoms with Crippen molar-refractivity contribution in [1.82, 2.24) is 0 Å². The first kappa shape index (κ1) is 26.8. The van der Waals surface area contributed by atoms with Crippen molar-refractivity contribution in [3.63, 3.8) is 0 Å². The van der Waals surface area contributed by atoms with Gasteiger partial charge >= 0.3 is 5.97 Å². The lowest BCUT2D eigenvalue weighted by Gasteiger charge is -2.36. The van der Waals surface area contributed by atoms with Crippen LogP contribution in [0.4, 0.5) is 0 Å². The lowest BCUT2D eigenvalue weighted by molar-refractivity contribution is -0.159. The van der Waals surface area contributed by atoms with E-state index in [2.05, 4.69) is 39.0 Å². The molecule has 0 unspecified atom stereocenters. The van der Waals surface area contributed by atoms with Crippen molar-refractivity contribution in [2.24, 2.45) is 17.8 Å². The van der Waals surface area contributed by atoms with Gasteiger partial charge in [0.2, 0.25) is 0 Å². The third kappa shape index (κ3) is 9.85. The molecule has 6 atom stereocenters. The summed E-state index contributed by atoms with van der Waals surface area (Å²) in [5.41, 5.74) is 0. The monoisotopic (exact) mass is 398 g/mol. The second-order valence-corrected chi connectivity index (χ2v) is 7.43. The molecule has 0 bridgehead atoms. The Hall–Kier alpha value is -1.17. The normalized spacial score (nSPS) is 18.7. The number of hydrogen-bond donors (Lipinski definition) is 0. The molecule has 0 spiro atoms. The maximum atomic E-state index is 11.8. The van der Waals surface area contributed by atoms with Crippen LogP contribution >= 0.6 is 0 Å². The Bertz CT molecular complexity index is 460. The summed E-state index contributed by atoms with van der Waals surface area (Å²) in [5.74, 6) is 0.292. The van der Waals surface area contributed by atoms with Crippen LogP contribution in [0.15, 0.2) is 24.3 Å². The minimum Gasteiger partial charge on any atom is -0.462 e. The van der Waals surface area contributed by atoms with E-state index in [1.165, 1.54) is 6.92 Å². The largest absolute Gasteiger partial charge is 0.462 e. The third-order valence-electron chi connectivity index (χ3n) is 5.25. The molecular formula is C23H42O5. The summed E-state index contributed by atoms with van der Waals surface area (Å²) < 4.78 is 22.7. The molecule has 0 aromatic rings. The number of ether oxygens (including phenoxy) is 4. The van der Waals surface area contributed by atoms with Crippen LogP contribution in [0, 0.1) is 17.8 Å². The highest BCUT2D eigenvalue weighted by atomic mass is 16.7. The fraction of sp³-hybridized carbons (Fsp3) is 0.783. The Morgan fingerprint density at radius 2 is 1.75 bits per heavy atom. The van der Waals surface area contributed by atoms with Gasteiger partial charge in [-0.3, -0.25) is 4.79 Å². The molecule has 0 aromatic heterocycles. The van der Waals surface area contributed by atoms with E-state index in [4.69, 9.17) is 18.9 Å². The highest BCUT2D eigenvalue weighted by Gasteiger charge is 2.34. The van der Waals surface area contributed by atoms with Crippen LogP contribution < -0.4 is 0 Å². The lowest BCUT2D eigenvalue weighted by Crippen LogP contribution is -2.41. The van der Waals surface area contributed by atoms with Crippen LogP contribution in [-0.4, -0.2) is 45.3 Å². The zero-order chi connectivity index (χ0) is 21.5. The number of allylic oxidation sites excluding steroid dienone is 3. The highest BCUT2D eigenvalue weighted by Crippen LogP contribution is 2.29. The van der Waals surface area contributed by atoms with E-state index in [1.807, 2.05) is 19.9 Å². The SMILES string of the molecule is CC=C[C@@H](CC)[C@@H](C[C@@H](OC(C)=O)[C@H](C)[C@H](OC)[C@@H](C)C/C=C/C)OCOC. The van der Waals surface area contributed by atoms with E-state index in [1.54, 1.807) is 14.2 Å². The van der Waals surface area contributed by atoms with Crippen LogP contribution in [-0.2, 0) is 23.7 Å². The van der Waals surface area contributed by atoms with Crippen molar-refractivity contribution in [2.45, 2.75) is 79.1 Å². The first-order valence-electron chi connectivity index (χ1n) is 10.4. The van der Waals surface area contributed by atoms with Gasteiger partial charge in [0.05, 0.1) is 12.2 Å². The van der Waals surface area contributed by atoms with Crippen molar-refractivity contribution >= 4 is 5.97 Å². The van der Waals surface area contributed by atoms with E-state index >= 15 is 0 Å². The number of carbonyl (C=O) groups is 1. The van der Waals surface area contributed by atoms with E-state index in [0.29, 0.717) is 12.3 Å². The molecule has 0 aliphatic heterocycles. The van der Waals surface area contributed by atoms with Crippen molar-refractivity contribution < 1.29 is 23.7 Å². The van der Waals surface area contributed by atoms with Gasteiger partial charge in [-0.1, -0.05) is 45.1 Å². The van der Waals surface area contributed by atoms with E-state index in [0.717, 1.165) is 12.8 Å². The van der Waals surface area contributed by atoms with Crippen LogP contribution in [0.25, 0.3) is 0 Å². The van der Waals surface area contributed by atoms with Gasteiger partial charge in [-0.05, 0) is 32.6 Å². The Labute approximate surface area is 172 Å². The molecule has 5 nitrogen and oxygen atoms in total. The summed E-state index contributed by atoms with van der Waals surface area (Å²) in [5, 5.41) is 0. The number of carbonyl (C=O) groups excluding carboxylic acids is 1. The van der Waals surface area contributed by atoms with Crippen molar-refractivity contribution in [3.8, 4) is 0 Å². The molecule has 164 valence electrons. The molecule has 0 N–H and O–H groups in total. The van der Waals surface area contributed by atoms with Crippen LogP contribution in [0.3, 0.4) is 0 Å². The average molecular weight is 399 g/mol. The summed E-state index contributed by atoms with van der Waals surface area (Å²) in [4.78, 5) is 11.8. The summed E-state index contributed by atoms with van der Waals surface area (Å²) in [7, 11) is 3.34. The second-order valence-electron chi connectivity index (χ2n) is 7.43. The fourth-order valence-electron chi connectivity index (χ4n) is 3.77. The number of hydrogen-bond acceptors (Lipinski definition) is 5. The summed E-state index contributed by atoms with van der Waals surface area (Å²) in [6.07, 6.45) is 10.4. The average Bonchev–Trinajstić information content (AvgIpc) is 2.67. The molecule has 28 heavy (non-hydrogen) atoms. The van der Waals surface area contributed by atoms with Crippen molar-refractivity contribution in [2.75, 3.05) is 21.0 Å². The molecule has 5 heteroatoms. The second kappa shape index (κ2) is 15.7. The summed E-state index contributed by atoms with van der Waals surface area (Å²) in [6, 6.07) is 0. The molecular weight excluding hydrogens is 356 g/mol. The minimum atomic E-state index is -0.295. The van der Waals surface area contributed by atoms with Crippen molar-refractivity contribution in [1.29, 1.82) is 0 Å². The molecule has 0 aliphatic rings. The van der Waals surface area contributed by atoms with E-state index < -0.39 is 0 Å². The molecule has 0 rings (SSSR count). The Morgan fingerprint density at radius 3 is 2.21 bits per heavy atom. The van der Waals surface area contributed by atoms with Gasteiger partial charge in [-0.2, -0.15) is 0 Å². The van der Waals surface area contributed by atoms with Crippen LogP contribution in [0.2, 0.25) is 0 Å². The molecule has 0 fully saturated rings. The standard InChI is InChI=1S/C23H42O5/c1-9-12-14-17(4)23(26-8)18(5)21(28-19(6)24)15-22(27-16-25-7)20(11-3)13-10-2/h9-10,12-13,17-18,20-23H,11,14-16H2,1-8H3/b12-9+,13-10?/t17-,18-,20+,21+,22+,23+/m0/s1. The Morgan fingerprint density at radius 1 is 1.07 bits per heavy atom. The Balaban J connectivity index is 5.54. The number of methoxy groups -OCH3 is 2. The van der Waals surface area contributed by atoms with Gasteiger partial charge in [0.15, 0.2) is 0 Å². The molecule has 0 aliphatic carbocycles. The highest BCUT2D eigenvalue weighted by molar-refractivity contribution is 5.66. The van der Waals surface area contributed by atoms with Crippen LogP contribution in [0.1, 0.15) is 60.8 Å². The van der Waals surface area contributed by atoms with Crippen molar-refractivity contribution in [3.05, 3.63) is 24.3 Å². The zero-order valence-corrected chi connectivity index (χ0v) is 19.1. The predicted molar refractivity (Wildman–Crippen MR) is 114 cm³/mol. The minimum absolute atomic E-state index is 0.0228. The van der Waals surface area contributed by atoms with Gasteiger partial charge in [-0.15, -0.1) is 0 Å². The Kier molecular flexibility index (Phi) is 15.1. The number of esters is 1.